The molecule has 0 aliphatic rings. The Morgan fingerprint density at radius 1 is 0.667 bits per heavy atom. The third-order valence-corrected chi connectivity index (χ3v) is 12.5. The normalized spacial score (nSPS) is 13.0. The summed E-state index contributed by atoms with van der Waals surface area (Å²) in [5.74, 6) is 8.87. The summed E-state index contributed by atoms with van der Waals surface area (Å²) >= 11 is -4.69. The van der Waals surface area contributed by atoms with Crippen LogP contribution in [0.4, 0.5) is 0 Å². The number of benzene rings is 2. The summed E-state index contributed by atoms with van der Waals surface area (Å²) in [5.41, 5.74) is 0. The maximum absolute atomic E-state index is 6.67. The standard InChI is InChI=1S/C14H18Cl2Ge2/c1-17(2,15)13-9-10-14(18(3,4)16)12-8-6-5-7-11(12)13/h5-10H,1-4H3. The van der Waals surface area contributed by atoms with Gasteiger partial charge >= 0.3 is 124 Å². The van der Waals surface area contributed by atoms with Gasteiger partial charge in [-0.15, -0.1) is 0 Å². The van der Waals surface area contributed by atoms with Gasteiger partial charge < -0.3 is 0 Å². The average molecular weight is 402 g/mol. The molecule has 0 saturated heterocycles. The number of rotatable bonds is 2. The topological polar surface area (TPSA) is 0 Å². The van der Waals surface area contributed by atoms with Crippen LogP contribution in [0.2, 0.25) is 23.0 Å². The summed E-state index contributed by atoms with van der Waals surface area (Å²) in [4.78, 5) is 0. The van der Waals surface area contributed by atoms with Crippen LogP contribution in [0.25, 0.3) is 10.8 Å². The summed E-state index contributed by atoms with van der Waals surface area (Å²) in [5, 5.41) is 2.63. The Hall–Kier alpha value is 0.366. The molecule has 0 spiro atoms. The zero-order valence-corrected chi connectivity index (χ0v) is 16.9. The van der Waals surface area contributed by atoms with Crippen molar-refractivity contribution in [2.45, 2.75) is 23.0 Å². The fourth-order valence-corrected chi connectivity index (χ4v) is 9.66. The molecule has 0 fully saturated rings. The molecule has 4 heteroatoms. The van der Waals surface area contributed by atoms with Crippen molar-refractivity contribution in [3.8, 4) is 0 Å². The molecule has 96 valence electrons. The van der Waals surface area contributed by atoms with Crippen molar-refractivity contribution in [1.82, 2.24) is 0 Å². The maximum atomic E-state index is 6.67. The predicted octanol–water partition coefficient (Wildman–Crippen LogP) is 4.14. The van der Waals surface area contributed by atoms with E-state index in [9.17, 15) is 0 Å². The van der Waals surface area contributed by atoms with Crippen LogP contribution >= 0.6 is 20.0 Å². The van der Waals surface area contributed by atoms with E-state index in [1.165, 1.54) is 19.6 Å². The summed E-state index contributed by atoms with van der Waals surface area (Å²) in [6, 6.07) is 13.0. The predicted molar refractivity (Wildman–Crippen MR) is 89.9 cm³/mol. The average Bonchev–Trinajstić information content (AvgIpc) is 2.24. The molecule has 18 heavy (non-hydrogen) atoms. The van der Waals surface area contributed by atoms with Crippen molar-refractivity contribution in [3.05, 3.63) is 36.4 Å². The van der Waals surface area contributed by atoms with E-state index in [-0.39, 0.29) is 0 Å². The van der Waals surface area contributed by atoms with Crippen LogP contribution in [0.15, 0.2) is 36.4 Å². The SMILES string of the molecule is [CH3][Ge]([CH3])([Cl])[c]1cc[c]([Ge]([CH3])([CH3])[Cl])c2ccccc12. The van der Waals surface area contributed by atoms with Crippen LogP contribution < -0.4 is 8.79 Å². The van der Waals surface area contributed by atoms with E-state index in [2.05, 4.69) is 59.4 Å². The third kappa shape index (κ3) is 2.92. The van der Waals surface area contributed by atoms with Crippen LogP contribution in [-0.4, -0.2) is 24.7 Å². The zero-order chi connectivity index (χ0) is 13.6. The van der Waals surface area contributed by atoms with Crippen LogP contribution in [0.1, 0.15) is 0 Å². The zero-order valence-electron chi connectivity index (χ0n) is 11.2. The van der Waals surface area contributed by atoms with Gasteiger partial charge in [-0.2, -0.15) is 0 Å². The molecule has 0 saturated carbocycles. The Balaban J connectivity index is 2.83. The number of fused-ring (bicyclic) bond motifs is 1. The number of hydrogen-bond acceptors (Lipinski definition) is 0. The van der Waals surface area contributed by atoms with E-state index >= 15 is 0 Å². The van der Waals surface area contributed by atoms with Crippen molar-refractivity contribution < 1.29 is 0 Å². The van der Waals surface area contributed by atoms with Gasteiger partial charge in [0, 0.05) is 0 Å². The monoisotopic (exact) mass is 404 g/mol. The van der Waals surface area contributed by atoms with Gasteiger partial charge in [0.2, 0.25) is 0 Å². The summed E-state index contributed by atoms with van der Waals surface area (Å²) < 4.78 is 2.72. The Bertz CT molecular complexity index is 528. The second-order valence-corrected chi connectivity index (χ2v) is 30.1. The van der Waals surface area contributed by atoms with Gasteiger partial charge in [-0.3, -0.25) is 0 Å². The fourth-order valence-electron chi connectivity index (χ4n) is 2.34. The summed E-state index contributed by atoms with van der Waals surface area (Å²) in [6.45, 7) is 0. The Morgan fingerprint density at radius 2 is 1.00 bits per heavy atom. The first-order valence-corrected chi connectivity index (χ1v) is 22.1. The minimum absolute atomic E-state index is 1.31. The van der Waals surface area contributed by atoms with Crippen molar-refractivity contribution in [3.63, 3.8) is 0 Å². The molecule has 0 unspecified atom stereocenters. The van der Waals surface area contributed by atoms with Gasteiger partial charge in [-0.25, -0.2) is 0 Å². The van der Waals surface area contributed by atoms with E-state index < -0.39 is 24.7 Å². The molecule has 0 aliphatic heterocycles. The Labute approximate surface area is 123 Å². The molecule has 0 radical (unpaired) electrons. The van der Waals surface area contributed by atoms with E-state index in [1.807, 2.05) is 0 Å². The molecular weight excluding hydrogens is 384 g/mol. The number of hydrogen-bond donors (Lipinski definition) is 0. The second-order valence-electron chi connectivity index (χ2n) is 5.65. The third-order valence-electron chi connectivity index (χ3n) is 3.21. The quantitative estimate of drug-likeness (QED) is 0.663. The molecule has 2 rings (SSSR count). The number of halogens is 2. The molecule has 0 aliphatic carbocycles. The summed E-state index contributed by atoms with van der Waals surface area (Å²) in [7, 11) is 13.3. The molecule has 0 amide bonds. The molecule has 0 heterocycles. The molecule has 0 nitrogen and oxygen atoms in total. The van der Waals surface area contributed by atoms with Crippen LogP contribution in [0, 0.1) is 0 Å². The first kappa shape index (κ1) is 14.8. The second kappa shape index (κ2) is 5.04. The van der Waals surface area contributed by atoms with E-state index in [4.69, 9.17) is 20.0 Å². The van der Waals surface area contributed by atoms with Gasteiger partial charge in [-0.05, 0) is 0 Å². The molecule has 2 aromatic rings. The van der Waals surface area contributed by atoms with Crippen molar-refractivity contribution in [2.75, 3.05) is 0 Å². The molecule has 0 atom stereocenters. The molecule has 0 N–H and O–H groups in total. The minimum atomic E-state index is -2.34. The van der Waals surface area contributed by atoms with E-state index in [0.717, 1.165) is 0 Å². The molecular formula is C14H18Cl2Ge2. The van der Waals surface area contributed by atoms with E-state index in [1.54, 1.807) is 0 Å². The van der Waals surface area contributed by atoms with Crippen LogP contribution in [-0.2, 0) is 0 Å². The van der Waals surface area contributed by atoms with Crippen molar-refractivity contribution >= 4 is 64.3 Å². The first-order valence-electron chi connectivity index (χ1n) is 6.12. The van der Waals surface area contributed by atoms with Crippen molar-refractivity contribution in [1.29, 1.82) is 0 Å². The van der Waals surface area contributed by atoms with E-state index in [0.29, 0.717) is 0 Å². The molecule has 0 bridgehead atoms. The molecule has 0 aromatic heterocycles. The van der Waals surface area contributed by atoms with Gasteiger partial charge in [0.1, 0.15) is 0 Å². The van der Waals surface area contributed by atoms with Crippen LogP contribution in [0.3, 0.4) is 0 Å². The summed E-state index contributed by atoms with van der Waals surface area (Å²) in [6.07, 6.45) is 0. The first-order chi connectivity index (χ1) is 8.21. The van der Waals surface area contributed by atoms with Gasteiger partial charge in [0.25, 0.3) is 0 Å². The Kier molecular flexibility index (Phi) is 4.14. The van der Waals surface area contributed by atoms with Gasteiger partial charge in [0.15, 0.2) is 0 Å². The van der Waals surface area contributed by atoms with Crippen LogP contribution in [0.5, 0.6) is 0 Å². The molecule has 2 aromatic carbocycles. The van der Waals surface area contributed by atoms with Gasteiger partial charge in [-0.1, -0.05) is 0 Å². The van der Waals surface area contributed by atoms with Gasteiger partial charge in [0.05, 0.1) is 0 Å². The van der Waals surface area contributed by atoms with Crippen molar-refractivity contribution in [2.24, 2.45) is 0 Å². The fraction of sp³-hybridized carbons (Fsp3) is 0.286. The Morgan fingerprint density at radius 3 is 1.28 bits per heavy atom.